The van der Waals surface area contributed by atoms with Gasteiger partial charge in [-0.25, -0.2) is 0 Å². The van der Waals surface area contributed by atoms with Gasteiger partial charge in [-0.2, -0.15) is 0 Å². The van der Waals surface area contributed by atoms with Gasteiger partial charge in [0, 0.05) is 11.1 Å². The van der Waals surface area contributed by atoms with Gasteiger partial charge in [0.15, 0.2) is 0 Å². The standard InChI is InChI=1S/C19H17NO3/c1-2-23-13-17-15-10-6-7-11-16(15)18(21)20(19(17)22)12-14-8-4-3-5-9-14/h3-11,13H,2,12H2,1H3/b17-13-. The summed E-state index contributed by atoms with van der Waals surface area (Å²) in [5.41, 5.74) is 2.47. The van der Waals surface area contributed by atoms with Gasteiger partial charge in [-0.15, -0.1) is 0 Å². The fourth-order valence-corrected chi connectivity index (χ4v) is 2.59. The molecule has 3 rings (SSSR count). The Hall–Kier alpha value is -2.88. The second-order valence-corrected chi connectivity index (χ2v) is 5.21. The second kappa shape index (κ2) is 6.48. The molecule has 23 heavy (non-hydrogen) atoms. The molecule has 1 aliphatic rings. The Kier molecular flexibility index (Phi) is 4.24. The number of carbonyl (C=O) groups excluding carboxylic acids is 2. The van der Waals surface area contributed by atoms with Crippen molar-refractivity contribution in [3.05, 3.63) is 77.5 Å². The van der Waals surface area contributed by atoms with E-state index in [1.165, 1.54) is 11.2 Å². The lowest BCUT2D eigenvalue weighted by Crippen LogP contribution is -2.41. The minimum absolute atomic E-state index is 0.246. The van der Waals surface area contributed by atoms with E-state index in [4.69, 9.17) is 4.74 Å². The molecule has 0 N–H and O–H groups in total. The maximum absolute atomic E-state index is 12.8. The lowest BCUT2D eigenvalue weighted by atomic mass is 9.94. The third-order valence-electron chi connectivity index (χ3n) is 3.72. The molecule has 0 radical (unpaired) electrons. The molecule has 0 spiro atoms. The van der Waals surface area contributed by atoms with Crippen molar-refractivity contribution < 1.29 is 14.3 Å². The first kappa shape index (κ1) is 15.0. The molecule has 0 aliphatic carbocycles. The molecule has 1 heterocycles. The summed E-state index contributed by atoms with van der Waals surface area (Å²) < 4.78 is 5.31. The fourth-order valence-electron chi connectivity index (χ4n) is 2.59. The van der Waals surface area contributed by atoms with E-state index in [-0.39, 0.29) is 18.4 Å². The monoisotopic (exact) mass is 307 g/mol. The van der Waals surface area contributed by atoms with Crippen molar-refractivity contribution >= 4 is 17.4 Å². The highest BCUT2D eigenvalue weighted by Crippen LogP contribution is 2.29. The molecule has 0 atom stereocenters. The molecule has 2 amide bonds. The van der Waals surface area contributed by atoms with E-state index in [0.29, 0.717) is 23.3 Å². The maximum Gasteiger partial charge on any atom is 0.264 e. The summed E-state index contributed by atoms with van der Waals surface area (Å²) in [5, 5.41) is 0. The molecule has 2 aromatic rings. The van der Waals surface area contributed by atoms with E-state index in [0.717, 1.165) is 5.56 Å². The SMILES string of the molecule is CCO/C=C1\C(=O)N(Cc2ccccc2)C(=O)c2ccccc21. The van der Waals surface area contributed by atoms with Gasteiger partial charge < -0.3 is 4.74 Å². The number of benzene rings is 2. The molecule has 0 saturated carbocycles. The molecule has 4 heteroatoms. The maximum atomic E-state index is 12.8. The molecule has 0 fully saturated rings. The van der Waals surface area contributed by atoms with Gasteiger partial charge in [-0.1, -0.05) is 48.5 Å². The van der Waals surface area contributed by atoms with Crippen molar-refractivity contribution in [1.29, 1.82) is 0 Å². The minimum atomic E-state index is -0.328. The van der Waals surface area contributed by atoms with Gasteiger partial charge in [-0.3, -0.25) is 14.5 Å². The Morgan fingerprint density at radius 1 is 0.913 bits per heavy atom. The molecule has 4 nitrogen and oxygen atoms in total. The van der Waals surface area contributed by atoms with Crippen LogP contribution in [-0.2, 0) is 16.1 Å². The van der Waals surface area contributed by atoms with Crippen molar-refractivity contribution in [2.45, 2.75) is 13.5 Å². The van der Waals surface area contributed by atoms with Crippen LogP contribution in [0.4, 0.5) is 0 Å². The summed E-state index contributed by atoms with van der Waals surface area (Å²) in [6.07, 6.45) is 1.45. The van der Waals surface area contributed by atoms with Gasteiger partial charge >= 0.3 is 0 Å². The van der Waals surface area contributed by atoms with Crippen LogP contribution in [0.15, 0.2) is 60.9 Å². The first-order chi connectivity index (χ1) is 11.2. The van der Waals surface area contributed by atoms with Crippen molar-refractivity contribution in [3.63, 3.8) is 0 Å². The first-order valence-corrected chi connectivity index (χ1v) is 7.53. The molecular formula is C19H17NO3. The quantitative estimate of drug-likeness (QED) is 0.495. The molecule has 116 valence electrons. The van der Waals surface area contributed by atoms with E-state index < -0.39 is 0 Å². The van der Waals surface area contributed by atoms with Crippen molar-refractivity contribution in [3.8, 4) is 0 Å². The van der Waals surface area contributed by atoms with E-state index in [1.807, 2.05) is 43.3 Å². The zero-order valence-electron chi connectivity index (χ0n) is 12.9. The van der Waals surface area contributed by atoms with Crippen LogP contribution in [0, 0.1) is 0 Å². The zero-order chi connectivity index (χ0) is 16.2. The molecule has 2 aromatic carbocycles. The average molecular weight is 307 g/mol. The van der Waals surface area contributed by atoms with E-state index in [1.54, 1.807) is 18.2 Å². The third-order valence-corrected chi connectivity index (χ3v) is 3.72. The summed E-state index contributed by atoms with van der Waals surface area (Å²) in [5.74, 6) is -0.603. The third kappa shape index (κ3) is 2.88. The lowest BCUT2D eigenvalue weighted by molar-refractivity contribution is -0.123. The number of carbonyl (C=O) groups is 2. The number of fused-ring (bicyclic) bond motifs is 1. The number of rotatable bonds is 4. The minimum Gasteiger partial charge on any atom is -0.501 e. The van der Waals surface area contributed by atoms with Crippen LogP contribution in [0.3, 0.4) is 0 Å². The number of nitrogens with zero attached hydrogens (tertiary/aromatic N) is 1. The molecule has 0 bridgehead atoms. The number of hydrogen-bond donors (Lipinski definition) is 0. The van der Waals surface area contributed by atoms with Crippen LogP contribution in [0.2, 0.25) is 0 Å². The lowest BCUT2D eigenvalue weighted by Gasteiger charge is -2.28. The number of amides is 2. The van der Waals surface area contributed by atoms with Gasteiger partial charge in [0.1, 0.15) is 0 Å². The molecule has 1 aliphatic heterocycles. The summed E-state index contributed by atoms with van der Waals surface area (Å²) in [4.78, 5) is 26.7. The molecule has 0 unspecified atom stereocenters. The summed E-state index contributed by atoms with van der Waals surface area (Å²) >= 11 is 0. The van der Waals surface area contributed by atoms with E-state index in [2.05, 4.69) is 0 Å². The fraction of sp³-hybridized carbons (Fsp3) is 0.158. The van der Waals surface area contributed by atoms with Crippen LogP contribution < -0.4 is 0 Å². The molecule has 0 saturated heterocycles. The van der Waals surface area contributed by atoms with Crippen molar-refractivity contribution in [2.24, 2.45) is 0 Å². The van der Waals surface area contributed by atoms with Gasteiger partial charge in [0.25, 0.3) is 11.8 Å². The number of hydrogen-bond acceptors (Lipinski definition) is 3. The Labute approximate surface area is 135 Å². The molecular weight excluding hydrogens is 290 g/mol. The topological polar surface area (TPSA) is 46.6 Å². The zero-order valence-corrected chi connectivity index (χ0v) is 12.9. The van der Waals surface area contributed by atoms with Gasteiger partial charge in [0.2, 0.25) is 0 Å². The smallest absolute Gasteiger partial charge is 0.264 e. The summed E-state index contributed by atoms with van der Waals surface area (Å²) in [7, 11) is 0. The van der Waals surface area contributed by atoms with Gasteiger partial charge in [-0.05, 0) is 18.6 Å². The normalized spacial score (nSPS) is 15.7. The number of ether oxygens (including phenoxy) is 1. The highest BCUT2D eigenvalue weighted by molar-refractivity contribution is 6.30. The first-order valence-electron chi connectivity index (χ1n) is 7.53. The van der Waals surface area contributed by atoms with Crippen LogP contribution in [0.1, 0.15) is 28.4 Å². The van der Waals surface area contributed by atoms with Crippen LogP contribution >= 0.6 is 0 Å². The highest BCUT2D eigenvalue weighted by atomic mass is 16.5. The van der Waals surface area contributed by atoms with Crippen molar-refractivity contribution in [1.82, 2.24) is 4.90 Å². The van der Waals surface area contributed by atoms with Crippen LogP contribution in [0.25, 0.3) is 5.57 Å². The number of imide groups is 1. The van der Waals surface area contributed by atoms with Gasteiger partial charge in [0.05, 0.1) is 25.0 Å². The summed E-state index contributed by atoms with van der Waals surface area (Å²) in [6, 6.07) is 16.6. The van der Waals surface area contributed by atoms with Crippen LogP contribution in [0.5, 0.6) is 0 Å². The van der Waals surface area contributed by atoms with E-state index >= 15 is 0 Å². The largest absolute Gasteiger partial charge is 0.501 e. The van der Waals surface area contributed by atoms with Crippen LogP contribution in [-0.4, -0.2) is 23.3 Å². The summed E-state index contributed by atoms with van der Waals surface area (Å²) in [6.45, 7) is 2.56. The Morgan fingerprint density at radius 2 is 1.57 bits per heavy atom. The second-order valence-electron chi connectivity index (χ2n) is 5.21. The Morgan fingerprint density at radius 3 is 2.26 bits per heavy atom. The highest BCUT2D eigenvalue weighted by Gasteiger charge is 2.34. The van der Waals surface area contributed by atoms with Crippen molar-refractivity contribution in [2.75, 3.05) is 6.61 Å². The van der Waals surface area contributed by atoms with E-state index in [9.17, 15) is 9.59 Å². The predicted molar refractivity (Wildman–Crippen MR) is 87.4 cm³/mol. The predicted octanol–water partition coefficient (Wildman–Crippen LogP) is 3.25. The Bertz CT molecular complexity index is 765. The Balaban J connectivity index is 2.02. The molecule has 0 aromatic heterocycles. The average Bonchev–Trinajstić information content (AvgIpc) is 2.59.